The van der Waals surface area contributed by atoms with E-state index in [4.69, 9.17) is 16.3 Å². The molecule has 1 aromatic rings. The lowest BCUT2D eigenvalue weighted by Crippen LogP contribution is -2.48. The van der Waals surface area contributed by atoms with Gasteiger partial charge in [0.15, 0.2) is 0 Å². The molecule has 1 aliphatic rings. The lowest BCUT2D eigenvalue weighted by molar-refractivity contribution is -0.0622. The second kappa shape index (κ2) is 7.36. The predicted octanol–water partition coefficient (Wildman–Crippen LogP) is 2.85. The van der Waals surface area contributed by atoms with Crippen molar-refractivity contribution in [2.24, 2.45) is 0 Å². The predicted molar refractivity (Wildman–Crippen MR) is 79.7 cm³/mol. The highest BCUT2D eigenvalue weighted by molar-refractivity contribution is 6.31. The summed E-state index contributed by atoms with van der Waals surface area (Å²) in [5, 5.41) is 3.81. The summed E-state index contributed by atoms with van der Waals surface area (Å²) in [6.45, 7) is 5.19. The number of nitrogens with zero attached hydrogens (tertiary/aromatic N) is 1. The first-order valence-electron chi connectivity index (χ1n) is 7.11. The minimum Gasteiger partial charge on any atom is -0.374 e. The van der Waals surface area contributed by atoms with E-state index < -0.39 is 0 Å². The zero-order valence-electron chi connectivity index (χ0n) is 12.0. The van der Waals surface area contributed by atoms with Gasteiger partial charge in [-0.1, -0.05) is 24.6 Å². The highest BCUT2D eigenvalue weighted by Crippen LogP contribution is 2.34. The van der Waals surface area contributed by atoms with Crippen LogP contribution in [0, 0.1) is 5.82 Å². The Morgan fingerprint density at radius 2 is 2.30 bits per heavy atom. The van der Waals surface area contributed by atoms with Crippen LogP contribution in [-0.2, 0) is 4.74 Å². The summed E-state index contributed by atoms with van der Waals surface area (Å²) in [5.74, 6) is -0.264. The van der Waals surface area contributed by atoms with Gasteiger partial charge in [0.05, 0.1) is 18.8 Å². The van der Waals surface area contributed by atoms with Crippen molar-refractivity contribution < 1.29 is 9.13 Å². The molecule has 2 rings (SSSR count). The minimum absolute atomic E-state index is 0.0882. The largest absolute Gasteiger partial charge is 0.374 e. The van der Waals surface area contributed by atoms with E-state index in [1.165, 1.54) is 6.07 Å². The molecule has 2 atom stereocenters. The fourth-order valence-corrected chi connectivity index (χ4v) is 2.93. The highest BCUT2D eigenvalue weighted by Gasteiger charge is 2.34. The average molecular weight is 301 g/mol. The summed E-state index contributed by atoms with van der Waals surface area (Å²) in [4.78, 5) is 2.12. The van der Waals surface area contributed by atoms with Crippen molar-refractivity contribution in [3.05, 3.63) is 34.6 Å². The van der Waals surface area contributed by atoms with Crippen LogP contribution in [0.5, 0.6) is 0 Å². The third kappa shape index (κ3) is 3.50. The molecule has 0 aliphatic carbocycles. The molecule has 3 nitrogen and oxygen atoms in total. The number of nitrogens with one attached hydrogen (secondary N) is 1. The van der Waals surface area contributed by atoms with E-state index >= 15 is 0 Å². The molecule has 1 heterocycles. The highest BCUT2D eigenvalue weighted by atomic mass is 35.5. The smallest absolute Gasteiger partial charge is 0.129 e. The van der Waals surface area contributed by atoms with Gasteiger partial charge in [0, 0.05) is 23.7 Å². The van der Waals surface area contributed by atoms with Crippen LogP contribution in [-0.4, -0.2) is 44.3 Å². The first kappa shape index (κ1) is 15.7. The molecule has 1 saturated heterocycles. The Balaban J connectivity index is 2.23. The lowest BCUT2D eigenvalue weighted by atomic mass is 9.97. The van der Waals surface area contributed by atoms with Gasteiger partial charge in [0.2, 0.25) is 0 Å². The maximum absolute atomic E-state index is 14.2. The van der Waals surface area contributed by atoms with E-state index in [9.17, 15) is 4.39 Å². The maximum atomic E-state index is 14.2. The van der Waals surface area contributed by atoms with Crippen LogP contribution in [0.15, 0.2) is 18.2 Å². The van der Waals surface area contributed by atoms with Crippen LogP contribution in [0.1, 0.15) is 24.9 Å². The number of ether oxygens (including phenoxy) is 1. The average Bonchev–Trinajstić information content (AvgIpc) is 2.41. The third-order valence-corrected chi connectivity index (χ3v) is 4.00. The van der Waals surface area contributed by atoms with Crippen molar-refractivity contribution in [2.45, 2.75) is 25.5 Å². The lowest BCUT2D eigenvalue weighted by Gasteiger charge is -2.40. The van der Waals surface area contributed by atoms with Crippen LogP contribution in [0.25, 0.3) is 0 Å². The van der Waals surface area contributed by atoms with Crippen molar-refractivity contribution in [2.75, 3.05) is 33.3 Å². The van der Waals surface area contributed by atoms with Gasteiger partial charge in [-0.2, -0.15) is 0 Å². The summed E-state index contributed by atoms with van der Waals surface area (Å²) in [6.07, 6.45) is 0.975. The standard InChI is InChI=1S/C15H22ClFN2O/c1-3-7-18-10-13-15(19(2)8-9-20-13)14-11(16)5-4-6-12(14)17/h4-6,13,15,18H,3,7-10H2,1-2H3. The number of likely N-dealkylation sites (N-methyl/N-ethyl adjacent to an activating group) is 1. The monoisotopic (exact) mass is 300 g/mol. The fraction of sp³-hybridized carbons (Fsp3) is 0.600. The van der Waals surface area contributed by atoms with E-state index in [0.29, 0.717) is 23.7 Å². The van der Waals surface area contributed by atoms with Crippen LogP contribution in [0.2, 0.25) is 5.02 Å². The first-order valence-corrected chi connectivity index (χ1v) is 7.49. The molecular formula is C15H22ClFN2O. The molecule has 0 amide bonds. The Hall–Kier alpha value is -0.680. The Morgan fingerprint density at radius 1 is 1.50 bits per heavy atom. The van der Waals surface area contributed by atoms with Gasteiger partial charge in [-0.3, -0.25) is 4.90 Å². The van der Waals surface area contributed by atoms with Crippen molar-refractivity contribution in [3.63, 3.8) is 0 Å². The molecular weight excluding hydrogens is 279 g/mol. The Morgan fingerprint density at radius 3 is 3.00 bits per heavy atom. The first-order chi connectivity index (χ1) is 9.65. The van der Waals surface area contributed by atoms with Crippen molar-refractivity contribution >= 4 is 11.6 Å². The molecule has 1 aliphatic heterocycles. The molecule has 0 radical (unpaired) electrons. The fourth-order valence-electron chi connectivity index (χ4n) is 2.65. The SMILES string of the molecule is CCCNCC1OCCN(C)C1c1c(F)cccc1Cl. The molecule has 1 fully saturated rings. The molecule has 0 saturated carbocycles. The molecule has 1 N–H and O–H groups in total. The molecule has 0 aromatic heterocycles. The molecule has 5 heteroatoms. The third-order valence-electron chi connectivity index (χ3n) is 3.67. The summed E-state index contributed by atoms with van der Waals surface area (Å²) in [6, 6.07) is 4.68. The molecule has 20 heavy (non-hydrogen) atoms. The molecule has 0 spiro atoms. The van der Waals surface area contributed by atoms with Crippen LogP contribution >= 0.6 is 11.6 Å². The van der Waals surface area contributed by atoms with Crippen molar-refractivity contribution in [3.8, 4) is 0 Å². The molecule has 1 aromatic carbocycles. The van der Waals surface area contributed by atoms with Gasteiger partial charge in [0.25, 0.3) is 0 Å². The quantitative estimate of drug-likeness (QED) is 0.846. The summed E-state index contributed by atoms with van der Waals surface area (Å²) < 4.78 is 20.0. The number of benzene rings is 1. The normalized spacial score (nSPS) is 24.0. The van der Waals surface area contributed by atoms with Crippen LogP contribution in [0.4, 0.5) is 4.39 Å². The van der Waals surface area contributed by atoms with Gasteiger partial charge in [-0.05, 0) is 32.1 Å². The van der Waals surface area contributed by atoms with Crippen LogP contribution in [0.3, 0.4) is 0 Å². The van der Waals surface area contributed by atoms with E-state index in [1.54, 1.807) is 12.1 Å². The van der Waals surface area contributed by atoms with E-state index in [0.717, 1.165) is 19.5 Å². The number of halogens is 2. The number of hydrogen-bond donors (Lipinski definition) is 1. The zero-order valence-corrected chi connectivity index (χ0v) is 12.8. The minimum atomic E-state index is -0.264. The number of rotatable bonds is 5. The van der Waals surface area contributed by atoms with Crippen LogP contribution < -0.4 is 5.32 Å². The summed E-state index contributed by atoms with van der Waals surface area (Å²) in [7, 11) is 1.99. The van der Waals surface area contributed by atoms with Crippen molar-refractivity contribution in [1.82, 2.24) is 10.2 Å². The van der Waals surface area contributed by atoms with Gasteiger partial charge in [-0.25, -0.2) is 4.39 Å². The van der Waals surface area contributed by atoms with Gasteiger partial charge >= 0.3 is 0 Å². The topological polar surface area (TPSA) is 24.5 Å². The molecule has 112 valence electrons. The van der Waals surface area contributed by atoms with E-state index in [1.807, 2.05) is 7.05 Å². The zero-order chi connectivity index (χ0) is 14.5. The summed E-state index contributed by atoms with van der Waals surface area (Å²) >= 11 is 6.21. The number of morpholine rings is 1. The Labute approximate surface area is 125 Å². The Kier molecular flexibility index (Phi) is 5.78. The second-order valence-electron chi connectivity index (χ2n) is 5.17. The molecule has 2 unspecified atom stereocenters. The van der Waals surface area contributed by atoms with Gasteiger partial charge < -0.3 is 10.1 Å². The second-order valence-corrected chi connectivity index (χ2v) is 5.58. The Bertz CT molecular complexity index is 424. The van der Waals surface area contributed by atoms with Gasteiger partial charge in [-0.15, -0.1) is 0 Å². The number of hydrogen-bond acceptors (Lipinski definition) is 3. The molecule has 0 bridgehead atoms. The van der Waals surface area contributed by atoms with Crippen molar-refractivity contribution in [1.29, 1.82) is 0 Å². The van der Waals surface area contributed by atoms with Gasteiger partial charge in [0.1, 0.15) is 5.82 Å². The van der Waals surface area contributed by atoms with E-state index in [-0.39, 0.29) is 18.0 Å². The maximum Gasteiger partial charge on any atom is 0.129 e. The summed E-state index contributed by atoms with van der Waals surface area (Å²) in [5.41, 5.74) is 0.541. The van der Waals surface area contributed by atoms with E-state index in [2.05, 4.69) is 17.1 Å².